The molecule has 100 valence electrons. The summed E-state index contributed by atoms with van der Waals surface area (Å²) in [6.07, 6.45) is 1.28. The monoisotopic (exact) mass is 286 g/mol. The molecule has 0 spiro atoms. The molecular formula is C15H11ClN2O2. The molecule has 0 saturated carbocycles. The summed E-state index contributed by atoms with van der Waals surface area (Å²) < 4.78 is 6.70. The van der Waals surface area contributed by atoms with E-state index in [1.807, 2.05) is 18.2 Å². The minimum Gasteiger partial charge on any atom is -0.497 e. The summed E-state index contributed by atoms with van der Waals surface area (Å²) in [4.78, 5) is 16.2. The van der Waals surface area contributed by atoms with Crippen LogP contribution in [0, 0.1) is 0 Å². The lowest BCUT2D eigenvalue weighted by molar-refractivity contribution is 0.415. The lowest BCUT2D eigenvalue weighted by Gasteiger charge is -2.10. The fourth-order valence-electron chi connectivity index (χ4n) is 2.11. The molecule has 0 aliphatic rings. The first-order valence-corrected chi connectivity index (χ1v) is 6.39. The molecule has 0 unspecified atom stereocenters. The molecule has 4 nitrogen and oxygen atoms in total. The van der Waals surface area contributed by atoms with Crippen LogP contribution in [0.1, 0.15) is 0 Å². The summed E-state index contributed by atoms with van der Waals surface area (Å²) in [5, 5.41) is 0.518. The Morgan fingerprint density at radius 3 is 2.60 bits per heavy atom. The molecular weight excluding hydrogens is 276 g/mol. The minimum atomic E-state index is -0.204. The second-order valence-corrected chi connectivity index (χ2v) is 4.64. The molecule has 2 aromatic carbocycles. The third kappa shape index (κ3) is 2.04. The van der Waals surface area contributed by atoms with Crippen LogP contribution < -0.4 is 10.3 Å². The van der Waals surface area contributed by atoms with Gasteiger partial charge in [-0.3, -0.25) is 9.36 Å². The van der Waals surface area contributed by atoms with Crippen LogP contribution >= 0.6 is 11.6 Å². The van der Waals surface area contributed by atoms with Gasteiger partial charge in [0.15, 0.2) is 0 Å². The Morgan fingerprint density at radius 2 is 1.90 bits per heavy atom. The highest BCUT2D eigenvalue weighted by Crippen LogP contribution is 2.22. The van der Waals surface area contributed by atoms with Crippen molar-refractivity contribution in [1.82, 2.24) is 9.55 Å². The van der Waals surface area contributed by atoms with Crippen LogP contribution in [-0.2, 0) is 0 Å². The maximum atomic E-state index is 12.1. The van der Waals surface area contributed by atoms with Gasteiger partial charge in [-0.05, 0) is 36.4 Å². The molecule has 3 rings (SSSR count). The third-order valence-corrected chi connectivity index (χ3v) is 3.37. The van der Waals surface area contributed by atoms with Crippen LogP contribution in [0.25, 0.3) is 16.7 Å². The summed E-state index contributed by atoms with van der Waals surface area (Å²) >= 11 is 6.12. The molecule has 0 radical (unpaired) electrons. The van der Waals surface area contributed by atoms with Gasteiger partial charge in [-0.25, -0.2) is 4.98 Å². The quantitative estimate of drug-likeness (QED) is 0.727. The van der Waals surface area contributed by atoms with Gasteiger partial charge in [-0.2, -0.15) is 0 Å². The van der Waals surface area contributed by atoms with E-state index in [4.69, 9.17) is 16.3 Å². The van der Waals surface area contributed by atoms with E-state index in [2.05, 4.69) is 4.98 Å². The SMILES string of the molecule is COc1ccc(-n2c(=O)cnc3c(Cl)cccc32)cc1. The molecule has 20 heavy (non-hydrogen) atoms. The van der Waals surface area contributed by atoms with E-state index in [9.17, 15) is 4.79 Å². The van der Waals surface area contributed by atoms with E-state index < -0.39 is 0 Å². The van der Waals surface area contributed by atoms with Gasteiger partial charge in [0.1, 0.15) is 11.3 Å². The third-order valence-electron chi connectivity index (χ3n) is 3.06. The molecule has 0 saturated heterocycles. The standard InChI is InChI=1S/C15H11ClN2O2/c1-20-11-7-5-10(6-8-11)18-13-4-2-3-12(16)15(13)17-9-14(18)19/h2-9H,1H3. The predicted molar refractivity (Wildman–Crippen MR) is 78.9 cm³/mol. The number of para-hydroxylation sites is 1. The molecule has 3 aromatic rings. The molecule has 1 heterocycles. The predicted octanol–water partition coefficient (Wildman–Crippen LogP) is 3.05. The van der Waals surface area contributed by atoms with Gasteiger partial charge in [-0.15, -0.1) is 0 Å². The maximum absolute atomic E-state index is 12.1. The van der Waals surface area contributed by atoms with Crippen molar-refractivity contribution in [2.75, 3.05) is 7.11 Å². The summed E-state index contributed by atoms with van der Waals surface area (Å²) in [5.74, 6) is 0.734. The number of hydrogen-bond donors (Lipinski definition) is 0. The van der Waals surface area contributed by atoms with Crippen molar-refractivity contribution in [2.24, 2.45) is 0 Å². The van der Waals surface area contributed by atoms with E-state index in [1.165, 1.54) is 6.20 Å². The molecule has 0 amide bonds. The van der Waals surface area contributed by atoms with E-state index in [1.54, 1.807) is 35.9 Å². The maximum Gasteiger partial charge on any atom is 0.274 e. The Morgan fingerprint density at radius 1 is 1.15 bits per heavy atom. The molecule has 0 aliphatic heterocycles. The molecule has 0 bridgehead atoms. The first-order valence-electron chi connectivity index (χ1n) is 6.01. The first kappa shape index (κ1) is 12.7. The van der Waals surface area contributed by atoms with Crippen LogP contribution in [0.4, 0.5) is 0 Å². The van der Waals surface area contributed by atoms with Gasteiger partial charge in [0.2, 0.25) is 0 Å². The molecule has 0 atom stereocenters. The van der Waals surface area contributed by atoms with Crippen molar-refractivity contribution in [3.8, 4) is 11.4 Å². The zero-order valence-electron chi connectivity index (χ0n) is 10.7. The summed E-state index contributed by atoms with van der Waals surface area (Å²) in [6.45, 7) is 0. The Hall–Kier alpha value is -2.33. The Kier molecular flexibility index (Phi) is 3.16. The van der Waals surface area contributed by atoms with Gasteiger partial charge in [0.25, 0.3) is 5.56 Å². The Labute approximate surface area is 120 Å². The number of fused-ring (bicyclic) bond motifs is 1. The number of methoxy groups -OCH3 is 1. The highest BCUT2D eigenvalue weighted by Gasteiger charge is 2.08. The summed E-state index contributed by atoms with van der Waals surface area (Å²) in [6, 6.07) is 12.6. The second-order valence-electron chi connectivity index (χ2n) is 4.24. The topological polar surface area (TPSA) is 44.1 Å². The van der Waals surface area contributed by atoms with Crippen molar-refractivity contribution < 1.29 is 4.74 Å². The summed E-state index contributed by atoms with van der Waals surface area (Å²) in [7, 11) is 1.60. The van der Waals surface area contributed by atoms with Crippen molar-refractivity contribution in [3.05, 3.63) is 64.0 Å². The van der Waals surface area contributed by atoms with Crippen molar-refractivity contribution >= 4 is 22.6 Å². The lowest BCUT2D eigenvalue weighted by Crippen LogP contribution is -2.18. The Balaban J connectivity index is 2.31. The number of benzene rings is 2. The van der Waals surface area contributed by atoms with Crippen LogP contribution in [0.5, 0.6) is 5.75 Å². The molecule has 0 fully saturated rings. The van der Waals surface area contributed by atoms with Crippen molar-refractivity contribution in [1.29, 1.82) is 0 Å². The van der Waals surface area contributed by atoms with Gasteiger partial charge in [-0.1, -0.05) is 17.7 Å². The van der Waals surface area contributed by atoms with Gasteiger partial charge in [0, 0.05) is 5.69 Å². The summed E-state index contributed by atoms with van der Waals surface area (Å²) in [5.41, 5.74) is 1.81. The average molecular weight is 287 g/mol. The number of rotatable bonds is 2. The number of halogens is 1. The number of aromatic nitrogens is 2. The van der Waals surface area contributed by atoms with Crippen LogP contribution in [-0.4, -0.2) is 16.7 Å². The highest BCUT2D eigenvalue weighted by molar-refractivity contribution is 6.34. The van der Waals surface area contributed by atoms with Crippen molar-refractivity contribution in [2.45, 2.75) is 0 Å². The molecule has 1 aromatic heterocycles. The number of nitrogens with zero attached hydrogens (tertiary/aromatic N) is 2. The molecule has 0 aliphatic carbocycles. The van der Waals surface area contributed by atoms with Gasteiger partial charge < -0.3 is 4.74 Å². The largest absolute Gasteiger partial charge is 0.497 e. The van der Waals surface area contributed by atoms with Crippen LogP contribution in [0.3, 0.4) is 0 Å². The average Bonchev–Trinajstić information content (AvgIpc) is 2.48. The minimum absolute atomic E-state index is 0.204. The normalized spacial score (nSPS) is 10.7. The number of hydrogen-bond acceptors (Lipinski definition) is 3. The first-order chi connectivity index (χ1) is 9.70. The Bertz CT molecular complexity index is 825. The van der Waals surface area contributed by atoms with E-state index in [0.717, 1.165) is 11.4 Å². The van der Waals surface area contributed by atoms with E-state index >= 15 is 0 Å². The zero-order chi connectivity index (χ0) is 14.1. The smallest absolute Gasteiger partial charge is 0.274 e. The van der Waals surface area contributed by atoms with E-state index in [0.29, 0.717) is 16.1 Å². The fourth-order valence-corrected chi connectivity index (χ4v) is 2.32. The fraction of sp³-hybridized carbons (Fsp3) is 0.0667. The second kappa shape index (κ2) is 4.98. The van der Waals surface area contributed by atoms with E-state index in [-0.39, 0.29) is 5.56 Å². The van der Waals surface area contributed by atoms with Crippen molar-refractivity contribution in [3.63, 3.8) is 0 Å². The van der Waals surface area contributed by atoms with Crippen LogP contribution in [0.2, 0.25) is 5.02 Å². The molecule has 5 heteroatoms. The van der Waals surface area contributed by atoms with Gasteiger partial charge >= 0.3 is 0 Å². The van der Waals surface area contributed by atoms with Crippen LogP contribution in [0.15, 0.2) is 53.5 Å². The lowest BCUT2D eigenvalue weighted by atomic mass is 10.2. The van der Waals surface area contributed by atoms with Gasteiger partial charge in [0.05, 0.1) is 23.8 Å². The highest BCUT2D eigenvalue weighted by atomic mass is 35.5. The number of ether oxygens (including phenoxy) is 1. The zero-order valence-corrected chi connectivity index (χ0v) is 11.5. The molecule has 0 N–H and O–H groups in total.